The molecule has 1 heterocycles. The fourth-order valence-corrected chi connectivity index (χ4v) is 1.88. The van der Waals surface area contributed by atoms with Gasteiger partial charge in [0.15, 0.2) is 0 Å². The van der Waals surface area contributed by atoms with Crippen molar-refractivity contribution in [1.29, 1.82) is 0 Å². The molecule has 1 atom stereocenters. The fourth-order valence-electron chi connectivity index (χ4n) is 1.88. The highest BCUT2D eigenvalue weighted by molar-refractivity contribution is 6.16. The number of esters is 1. The van der Waals surface area contributed by atoms with Crippen molar-refractivity contribution >= 4 is 23.3 Å². The molecular weight excluding hydrogens is 251 g/mol. The van der Waals surface area contributed by atoms with Gasteiger partial charge in [0.2, 0.25) is 0 Å². The maximum Gasteiger partial charge on any atom is 0.306 e. The number of amides is 1. The summed E-state index contributed by atoms with van der Waals surface area (Å²) in [6.45, 7) is 1.63. The van der Waals surface area contributed by atoms with Crippen molar-refractivity contribution < 1.29 is 18.7 Å². The SMILES string of the molecule is COC(=O)CC1C(=O)N(c2ccccc2F)N=C1C. The minimum atomic E-state index is -0.688. The average molecular weight is 264 g/mol. The van der Waals surface area contributed by atoms with Gasteiger partial charge in [-0.15, -0.1) is 0 Å². The summed E-state index contributed by atoms with van der Waals surface area (Å²) in [5.41, 5.74) is 0.554. The van der Waals surface area contributed by atoms with Crippen molar-refractivity contribution in [1.82, 2.24) is 0 Å². The van der Waals surface area contributed by atoms with Crippen LogP contribution >= 0.6 is 0 Å². The number of ether oxygens (including phenoxy) is 1. The molecule has 0 N–H and O–H groups in total. The van der Waals surface area contributed by atoms with Gasteiger partial charge in [-0.25, -0.2) is 4.39 Å². The number of benzene rings is 1. The highest BCUT2D eigenvalue weighted by Crippen LogP contribution is 2.27. The average Bonchev–Trinajstić information content (AvgIpc) is 2.67. The topological polar surface area (TPSA) is 59.0 Å². The molecule has 100 valence electrons. The number of hydrogen-bond acceptors (Lipinski definition) is 4. The van der Waals surface area contributed by atoms with E-state index >= 15 is 0 Å². The molecule has 0 fully saturated rings. The van der Waals surface area contributed by atoms with Gasteiger partial charge in [0.05, 0.1) is 19.4 Å². The number of carbonyl (C=O) groups excluding carboxylic acids is 2. The van der Waals surface area contributed by atoms with Crippen molar-refractivity contribution in [3.8, 4) is 0 Å². The lowest BCUT2D eigenvalue weighted by atomic mass is 10.0. The minimum absolute atomic E-state index is 0.0826. The standard InChI is InChI=1S/C13H13FN2O3/c1-8-9(7-12(17)19-2)13(18)16(15-8)11-6-4-3-5-10(11)14/h3-6,9H,7H2,1-2H3. The number of carbonyl (C=O) groups is 2. The molecule has 0 bridgehead atoms. The Bertz CT molecular complexity index is 557. The summed E-state index contributed by atoms with van der Waals surface area (Å²) in [5, 5.41) is 5.02. The molecule has 1 aliphatic rings. The van der Waals surface area contributed by atoms with Crippen LogP contribution in [-0.4, -0.2) is 24.7 Å². The molecule has 0 aromatic heterocycles. The van der Waals surface area contributed by atoms with E-state index in [4.69, 9.17) is 0 Å². The van der Waals surface area contributed by atoms with E-state index in [1.54, 1.807) is 13.0 Å². The molecule has 0 aliphatic carbocycles. The summed E-state index contributed by atoms with van der Waals surface area (Å²) in [5.74, 6) is -2.14. The molecule has 0 saturated heterocycles. The molecule has 19 heavy (non-hydrogen) atoms. The van der Waals surface area contributed by atoms with E-state index in [1.807, 2.05) is 0 Å². The van der Waals surface area contributed by atoms with Gasteiger partial charge in [-0.2, -0.15) is 10.1 Å². The molecule has 0 radical (unpaired) electrons. The number of methoxy groups -OCH3 is 1. The van der Waals surface area contributed by atoms with Crippen LogP contribution in [0.4, 0.5) is 10.1 Å². The predicted molar refractivity (Wildman–Crippen MR) is 67.1 cm³/mol. The van der Waals surface area contributed by atoms with Gasteiger partial charge in [0.25, 0.3) is 5.91 Å². The molecule has 0 saturated carbocycles. The number of hydrazone groups is 1. The second-order valence-electron chi connectivity index (χ2n) is 4.18. The predicted octanol–water partition coefficient (Wildman–Crippen LogP) is 1.73. The van der Waals surface area contributed by atoms with E-state index in [9.17, 15) is 14.0 Å². The third kappa shape index (κ3) is 2.47. The first-order valence-electron chi connectivity index (χ1n) is 5.75. The maximum atomic E-state index is 13.6. The minimum Gasteiger partial charge on any atom is -0.469 e. The van der Waals surface area contributed by atoms with Crippen LogP contribution < -0.4 is 5.01 Å². The lowest BCUT2D eigenvalue weighted by Gasteiger charge is -2.14. The Hall–Kier alpha value is -2.24. The first kappa shape index (κ1) is 13.2. The molecule has 1 amide bonds. The van der Waals surface area contributed by atoms with E-state index in [-0.39, 0.29) is 12.1 Å². The number of halogens is 1. The van der Waals surface area contributed by atoms with E-state index in [0.717, 1.165) is 5.01 Å². The molecule has 2 rings (SSSR count). The van der Waals surface area contributed by atoms with Crippen LogP contribution in [0, 0.1) is 11.7 Å². The summed E-state index contributed by atoms with van der Waals surface area (Å²) in [4.78, 5) is 23.4. The van der Waals surface area contributed by atoms with Crippen LogP contribution in [0.5, 0.6) is 0 Å². The Morgan fingerprint density at radius 1 is 1.47 bits per heavy atom. The molecule has 6 heteroatoms. The molecule has 5 nitrogen and oxygen atoms in total. The molecule has 1 aliphatic heterocycles. The van der Waals surface area contributed by atoms with Gasteiger partial charge in [-0.1, -0.05) is 12.1 Å². The van der Waals surface area contributed by atoms with Gasteiger partial charge >= 0.3 is 5.97 Å². The van der Waals surface area contributed by atoms with Crippen LogP contribution in [0.2, 0.25) is 0 Å². The zero-order valence-electron chi connectivity index (χ0n) is 10.6. The Labute approximate surface area is 109 Å². The van der Waals surface area contributed by atoms with Crippen LogP contribution in [0.25, 0.3) is 0 Å². The second kappa shape index (κ2) is 5.17. The van der Waals surface area contributed by atoms with Crippen molar-refractivity contribution in [3.63, 3.8) is 0 Å². The fraction of sp³-hybridized carbons (Fsp3) is 0.308. The third-order valence-electron chi connectivity index (χ3n) is 2.95. The lowest BCUT2D eigenvalue weighted by molar-refractivity contribution is -0.142. The van der Waals surface area contributed by atoms with Crippen molar-refractivity contribution in [3.05, 3.63) is 30.1 Å². The summed E-state index contributed by atoms with van der Waals surface area (Å²) in [6, 6.07) is 5.86. The molecule has 1 aromatic rings. The summed E-state index contributed by atoms with van der Waals surface area (Å²) >= 11 is 0. The highest BCUT2D eigenvalue weighted by atomic mass is 19.1. The van der Waals surface area contributed by atoms with Crippen LogP contribution in [0.1, 0.15) is 13.3 Å². The molecule has 1 unspecified atom stereocenters. The van der Waals surface area contributed by atoms with Crippen molar-refractivity contribution in [2.24, 2.45) is 11.0 Å². The van der Waals surface area contributed by atoms with E-state index in [1.165, 1.54) is 25.3 Å². The normalized spacial score (nSPS) is 18.5. The lowest BCUT2D eigenvalue weighted by Crippen LogP contribution is -2.29. The van der Waals surface area contributed by atoms with E-state index in [2.05, 4.69) is 9.84 Å². The van der Waals surface area contributed by atoms with E-state index in [0.29, 0.717) is 5.71 Å². The Morgan fingerprint density at radius 3 is 2.79 bits per heavy atom. The second-order valence-corrected chi connectivity index (χ2v) is 4.18. The summed E-state index contributed by atoms with van der Waals surface area (Å²) < 4.78 is 18.2. The monoisotopic (exact) mass is 264 g/mol. The third-order valence-corrected chi connectivity index (χ3v) is 2.95. The zero-order chi connectivity index (χ0) is 14.0. The first-order valence-corrected chi connectivity index (χ1v) is 5.75. The van der Waals surface area contributed by atoms with Crippen LogP contribution in [-0.2, 0) is 14.3 Å². The zero-order valence-corrected chi connectivity index (χ0v) is 10.6. The number of para-hydroxylation sites is 1. The number of rotatable bonds is 3. The van der Waals surface area contributed by atoms with Crippen molar-refractivity contribution in [2.45, 2.75) is 13.3 Å². The number of nitrogens with zero attached hydrogens (tertiary/aromatic N) is 2. The van der Waals surface area contributed by atoms with E-state index < -0.39 is 23.6 Å². The summed E-state index contributed by atoms with van der Waals surface area (Å²) in [6.07, 6.45) is -0.0877. The largest absolute Gasteiger partial charge is 0.469 e. The molecule has 1 aromatic carbocycles. The smallest absolute Gasteiger partial charge is 0.306 e. The number of anilines is 1. The van der Waals surface area contributed by atoms with Gasteiger partial charge in [-0.3, -0.25) is 9.59 Å². The van der Waals surface area contributed by atoms with Crippen LogP contribution in [0.15, 0.2) is 29.4 Å². The van der Waals surface area contributed by atoms with Gasteiger partial charge in [-0.05, 0) is 19.1 Å². The Balaban J connectivity index is 2.26. The van der Waals surface area contributed by atoms with Gasteiger partial charge in [0, 0.05) is 5.71 Å². The first-order chi connectivity index (χ1) is 9.04. The quantitative estimate of drug-likeness (QED) is 0.781. The Kier molecular flexibility index (Phi) is 3.59. The number of hydrogen-bond donors (Lipinski definition) is 0. The van der Waals surface area contributed by atoms with Gasteiger partial charge in [0.1, 0.15) is 11.5 Å². The Morgan fingerprint density at radius 2 is 2.16 bits per heavy atom. The highest BCUT2D eigenvalue weighted by Gasteiger charge is 2.36. The van der Waals surface area contributed by atoms with Crippen LogP contribution in [0.3, 0.4) is 0 Å². The summed E-state index contributed by atoms with van der Waals surface area (Å²) in [7, 11) is 1.25. The molecular formula is C13H13FN2O3. The maximum absolute atomic E-state index is 13.6. The van der Waals surface area contributed by atoms with Crippen molar-refractivity contribution in [2.75, 3.05) is 12.1 Å². The molecule has 0 spiro atoms. The van der Waals surface area contributed by atoms with Gasteiger partial charge < -0.3 is 4.74 Å².